The quantitative estimate of drug-likeness (QED) is 0.529. The Morgan fingerprint density at radius 1 is 1.67 bits per heavy atom. The van der Waals surface area contributed by atoms with Crippen LogP contribution in [-0.2, 0) is 6.54 Å². The Kier molecular flexibility index (Phi) is 6.36. The van der Waals surface area contributed by atoms with Crippen molar-refractivity contribution >= 4 is 0 Å². The first-order chi connectivity index (χ1) is 6.61. The molecule has 1 aromatic heterocycles. The molecule has 5 nitrogen and oxygen atoms in total. The number of aliphatic hydroxyl groups excluding tert-OH is 1. The summed E-state index contributed by atoms with van der Waals surface area (Å²) in [4.78, 5) is 11.3. The molecule has 1 heterocycles. The van der Waals surface area contributed by atoms with Crippen LogP contribution < -0.4 is 56.9 Å². The predicted octanol–water partition coefficient (Wildman–Crippen LogP) is -3.16. The van der Waals surface area contributed by atoms with Crippen molar-refractivity contribution in [2.45, 2.75) is 13.5 Å². The Bertz CT molecular complexity index is 453. The van der Waals surface area contributed by atoms with Gasteiger partial charge < -0.3 is 11.6 Å². The van der Waals surface area contributed by atoms with Gasteiger partial charge in [-0.25, -0.2) is 0 Å². The molecule has 0 aromatic carbocycles. The van der Waals surface area contributed by atoms with Crippen molar-refractivity contribution in [1.82, 2.24) is 4.57 Å². The number of rotatable bonds is 2. The molecule has 76 valence electrons. The number of nitriles is 1. The molecule has 15 heavy (non-hydrogen) atoms. The molecule has 1 aromatic rings. The van der Waals surface area contributed by atoms with Gasteiger partial charge in [-0.3, -0.25) is 9.36 Å². The van der Waals surface area contributed by atoms with Gasteiger partial charge in [0.05, 0.1) is 13.2 Å². The van der Waals surface area contributed by atoms with Crippen LogP contribution in [0.3, 0.4) is 0 Å². The summed E-state index contributed by atoms with van der Waals surface area (Å²) in [5, 5.41) is 26.9. The summed E-state index contributed by atoms with van der Waals surface area (Å²) in [6.07, 6.45) is 0. The van der Waals surface area contributed by atoms with Gasteiger partial charge >= 0.3 is 51.4 Å². The molecule has 0 atom stereocenters. The molecule has 0 radical (unpaired) electrons. The fourth-order valence-corrected chi connectivity index (χ4v) is 1.21. The van der Waals surface area contributed by atoms with Crippen molar-refractivity contribution in [1.29, 1.82) is 5.26 Å². The van der Waals surface area contributed by atoms with E-state index in [1.165, 1.54) is 6.07 Å². The number of hydrogen-bond donors (Lipinski definition) is 2. The standard InChI is InChI=1S/C9H10N2O3.K.H/c1-6-4-8(13)11(2-3-12)9(14)7(6)5-10;;/h4,12,14H,2-3H2,1H3;;/q;+1;-1. The minimum absolute atomic E-state index is 0. The van der Waals surface area contributed by atoms with E-state index in [4.69, 9.17) is 10.4 Å². The Morgan fingerprint density at radius 2 is 2.27 bits per heavy atom. The Labute approximate surface area is 131 Å². The van der Waals surface area contributed by atoms with Gasteiger partial charge in [0.2, 0.25) is 5.88 Å². The first-order valence-corrected chi connectivity index (χ1v) is 4.06. The molecule has 0 aliphatic heterocycles. The molecule has 0 saturated carbocycles. The summed E-state index contributed by atoms with van der Waals surface area (Å²) in [6, 6.07) is 3.06. The van der Waals surface area contributed by atoms with Crippen LogP contribution in [0.1, 0.15) is 12.6 Å². The number of nitrogens with zero attached hydrogens (tertiary/aromatic N) is 2. The second kappa shape index (κ2) is 6.43. The van der Waals surface area contributed by atoms with Crippen molar-refractivity contribution in [3.63, 3.8) is 0 Å². The molecule has 1 rings (SSSR count). The number of pyridine rings is 1. The summed E-state index contributed by atoms with van der Waals surface area (Å²) in [5.74, 6) is -0.383. The van der Waals surface area contributed by atoms with Gasteiger partial charge in [-0.05, 0) is 12.5 Å². The average molecular weight is 234 g/mol. The molecule has 2 N–H and O–H groups in total. The fourth-order valence-electron chi connectivity index (χ4n) is 1.21. The topological polar surface area (TPSA) is 86.2 Å². The van der Waals surface area contributed by atoms with E-state index in [0.717, 1.165) is 4.57 Å². The Morgan fingerprint density at radius 3 is 2.73 bits per heavy atom. The molecular formula is C9H11KN2O3. The molecule has 0 bridgehead atoms. The van der Waals surface area contributed by atoms with Crippen molar-refractivity contribution < 1.29 is 63.0 Å². The number of aromatic nitrogens is 1. The van der Waals surface area contributed by atoms with Gasteiger partial charge in [0.15, 0.2) is 0 Å². The molecule has 0 fully saturated rings. The smallest absolute Gasteiger partial charge is 1.00 e. The molecule has 0 spiro atoms. The summed E-state index contributed by atoms with van der Waals surface area (Å²) in [6.45, 7) is 1.30. The van der Waals surface area contributed by atoms with Gasteiger partial charge in [-0.15, -0.1) is 0 Å². The summed E-state index contributed by atoms with van der Waals surface area (Å²) in [7, 11) is 0. The van der Waals surface area contributed by atoms with Gasteiger partial charge in [-0.2, -0.15) is 5.26 Å². The second-order valence-electron chi connectivity index (χ2n) is 2.85. The van der Waals surface area contributed by atoms with Crippen LogP contribution in [0.4, 0.5) is 0 Å². The summed E-state index contributed by atoms with van der Waals surface area (Å²) >= 11 is 0. The van der Waals surface area contributed by atoms with Crippen LogP contribution in [0.5, 0.6) is 5.88 Å². The van der Waals surface area contributed by atoms with Crippen molar-refractivity contribution in [3.05, 3.63) is 27.5 Å². The normalized spacial score (nSPS) is 9.13. The molecule has 0 aliphatic rings. The third-order valence-corrected chi connectivity index (χ3v) is 1.92. The monoisotopic (exact) mass is 234 g/mol. The van der Waals surface area contributed by atoms with E-state index in [1.807, 2.05) is 0 Å². The maximum Gasteiger partial charge on any atom is 1.00 e. The van der Waals surface area contributed by atoms with Crippen LogP contribution in [-0.4, -0.2) is 21.4 Å². The van der Waals surface area contributed by atoms with Crippen LogP contribution >= 0.6 is 0 Å². The van der Waals surface area contributed by atoms with E-state index in [2.05, 4.69) is 0 Å². The Hall–Kier alpha value is -0.164. The Balaban J connectivity index is 0. The molecule has 6 heteroatoms. The summed E-state index contributed by atoms with van der Waals surface area (Å²) < 4.78 is 0.964. The zero-order valence-electron chi connectivity index (χ0n) is 9.69. The number of aryl methyl sites for hydroxylation is 1. The minimum atomic E-state index is -0.423. The molecule has 0 amide bonds. The zero-order valence-corrected chi connectivity index (χ0v) is 11.8. The fraction of sp³-hybridized carbons (Fsp3) is 0.333. The van der Waals surface area contributed by atoms with Gasteiger partial charge in [0.25, 0.3) is 5.56 Å². The van der Waals surface area contributed by atoms with E-state index < -0.39 is 5.56 Å². The van der Waals surface area contributed by atoms with Crippen molar-refractivity contribution in [3.8, 4) is 11.9 Å². The SMILES string of the molecule is Cc1cc(=O)n(CCO)c(O)c1C#N.[H-].[K+]. The molecule has 0 saturated heterocycles. The van der Waals surface area contributed by atoms with Crippen LogP contribution in [0.25, 0.3) is 0 Å². The van der Waals surface area contributed by atoms with E-state index in [1.54, 1.807) is 13.0 Å². The van der Waals surface area contributed by atoms with Gasteiger partial charge in [0, 0.05) is 6.07 Å². The third-order valence-electron chi connectivity index (χ3n) is 1.92. The van der Waals surface area contributed by atoms with Crippen LogP contribution in [0.2, 0.25) is 0 Å². The molecular weight excluding hydrogens is 223 g/mol. The van der Waals surface area contributed by atoms with Gasteiger partial charge in [-0.1, -0.05) is 0 Å². The van der Waals surface area contributed by atoms with E-state index >= 15 is 0 Å². The van der Waals surface area contributed by atoms with E-state index in [0.29, 0.717) is 5.56 Å². The van der Waals surface area contributed by atoms with E-state index in [-0.39, 0.29) is 77.4 Å². The van der Waals surface area contributed by atoms with Gasteiger partial charge in [0.1, 0.15) is 11.6 Å². The number of aromatic hydroxyl groups is 1. The van der Waals surface area contributed by atoms with E-state index in [9.17, 15) is 9.90 Å². The predicted molar refractivity (Wildman–Crippen MR) is 50.0 cm³/mol. The van der Waals surface area contributed by atoms with Crippen LogP contribution in [0.15, 0.2) is 10.9 Å². The maximum atomic E-state index is 11.3. The van der Waals surface area contributed by atoms with Crippen LogP contribution in [0, 0.1) is 18.3 Å². The van der Waals surface area contributed by atoms with Crippen molar-refractivity contribution in [2.75, 3.05) is 6.61 Å². The average Bonchev–Trinajstić information content (AvgIpc) is 2.12. The largest absolute Gasteiger partial charge is 1.00 e. The first kappa shape index (κ1) is 14.8. The third kappa shape index (κ3) is 3.14. The second-order valence-corrected chi connectivity index (χ2v) is 2.85. The maximum absolute atomic E-state index is 11.3. The minimum Gasteiger partial charge on any atom is -1.00 e. The molecule has 0 unspecified atom stereocenters. The summed E-state index contributed by atoms with van der Waals surface area (Å²) in [5.41, 5.74) is 0.0790. The molecule has 0 aliphatic carbocycles. The number of hydrogen-bond acceptors (Lipinski definition) is 4. The zero-order chi connectivity index (χ0) is 10.7. The first-order valence-electron chi connectivity index (χ1n) is 4.06. The number of aliphatic hydroxyl groups is 1. The van der Waals surface area contributed by atoms with Crippen molar-refractivity contribution in [2.24, 2.45) is 0 Å².